The van der Waals surface area contributed by atoms with Crippen LogP contribution >= 0.6 is 23.1 Å². The minimum Gasteiger partial charge on any atom is -0.355 e. The predicted octanol–water partition coefficient (Wildman–Crippen LogP) is 2.44. The first-order valence-electron chi connectivity index (χ1n) is 9.98. The Kier molecular flexibility index (Phi) is 6.66. The lowest BCUT2D eigenvalue weighted by atomic mass is 9.96. The van der Waals surface area contributed by atoms with Crippen molar-refractivity contribution in [2.45, 2.75) is 43.3 Å². The summed E-state index contributed by atoms with van der Waals surface area (Å²) in [6, 6.07) is 8.26. The molecular weight excluding hydrogens is 406 g/mol. The van der Waals surface area contributed by atoms with Gasteiger partial charge in [-0.15, -0.1) is 21.5 Å². The highest BCUT2D eigenvalue weighted by Gasteiger charge is 2.30. The monoisotopic (exact) mass is 431 g/mol. The molecule has 0 atom stereocenters. The second kappa shape index (κ2) is 9.58. The maximum Gasteiger partial charge on any atom is 0.230 e. The van der Waals surface area contributed by atoms with Crippen LogP contribution in [-0.2, 0) is 16.1 Å². The average molecular weight is 432 g/mol. The van der Waals surface area contributed by atoms with E-state index in [1.165, 1.54) is 11.8 Å². The Hall–Kier alpha value is -2.13. The second-order valence-electron chi connectivity index (χ2n) is 7.42. The van der Waals surface area contributed by atoms with Crippen molar-refractivity contribution in [3.63, 3.8) is 0 Å². The van der Waals surface area contributed by atoms with Crippen molar-refractivity contribution >= 4 is 40.7 Å². The maximum atomic E-state index is 12.2. The minimum atomic E-state index is -0.0131. The predicted molar refractivity (Wildman–Crippen MR) is 115 cm³/mol. The van der Waals surface area contributed by atoms with Gasteiger partial charge in [0, 0.05) is 29.9 Å². The third-order valence-electron chi connectivity index (χ3n) is 5.13. The molecule has 1 saturated heterocycles. The van der Waals surface area contributed by atoms with Gasteiger partial charge in [0.15, 0.2) is 5.82 Å². The van der Waals surface area contributed by atoms with Crippen LogP contribution < -0.4 is 15.5 Å². The first kappa shape index (κ1) is 20.2. The van der Waals surface area contributed by atoms with E-state index in [0.717, 1.165) is 54.5 Å². The molecule has 2 amide bonds. The fourth-order valence-corrected chi connectivity index (χ4v) is 4.55. The molecule has 0 radical (unpaired) electrons. The number of piperidine rings is 1. The molecule has 2 aromatic rings. The molecule has 1 aliphatic carbocycles. The molecule has 2 aromatic heterocycles. The topological polar surface area (TPSA) is 87.2 Å². The molecule has 9 heteroatoms. The first-order valence-corrected chi connectivity index (χ1v) is 11.8. The molecule has 2 fully saturated rings. The van der Waals surface area contributed by atoms with Gasteiger partial charge in [-0.1, -0.05) is 17.8 Å². The Morgan fingerprint density at radius 1 is 1.14 bits per heavy atom. The largest absolute Gasteiger partial charge is 0.355 e. The molecule has 0 spiro atoms. The quantitative estimate of drug-likeness (QED) is 0.625. The molecule has 7 nitrogen and oxygen atoms in total. The molecule has 0 bridgehead atoms. The maximum absolute atomic E-state index is 12.2. The molecule has 2 N–H and O–H groups in total. The van der Waals surface area contributed by atoms with Gasteiger partial charge >= 0.3 is 0 Å². The van der Waals surface area contributed by atoms with Crippen LogP contribution in [0.1, 0.15) is 30.6 Å². The van der Waals surface area contributed by atoms with Gasteiger partial charge in [-0.25, -0.2) is 0 Å². The van der Waals surface area contributed by atoms with E-state index in [-0.39, 0.29) is 17.7 Å². The van der Waals surface area contributed by atoms with E-state index in [1.807, 2.05) is 29.6 Å². The number of nitrogens with zero attached hydrogens (tertiary/aromatic N) is 3. The van der Waals surface area contributed by atoms with E-state index >= 15 is 0 Å². The van der Waals surface area contributed by atoms with Crippen molar-refractivity contribution in [3.8, 4) is 0 Å². The zero-order valence-electron chi connectivity index (χ0n) is 16.2. The van der Waals surface area contributed by atoms with E-state index in [4.69, 9.17) is 0 Å². The van der Waals surface area contributed by atoms with E-state index < -0.39 is 0 Å². The fourth-order valence-electron chi connectivity index (χ4n) is 3.27. The molecule has 2 aliphatic rings. The Morgan fingerprint density at radius 3 is 2.62 bits per heavy atom. The lowest BCUT2D eigenvalue weighted by Gasteiger charge is -2.31. The number of thioether (sulfide) groups is 1. The van der Waals surface area contributed by atoms with Crippen LogP contribution in [0.15, 0.2) is 34.7 Å². The Bertz CT molecular complexity index is 816. The summed E-state index contributed by atoms with van der Waals surface area (Å²) < 4.78 is 0. The van der Waals surface area contributed by atoms with E-state index in [2.05, 4.69) is 25.7 Å². The number of anilines is 1. The van der Waals surface area contributed by atoms with Gasteiger partial charge in [0.05, 0.1) is 12.3 Å². The number of thiophene rings is 1. The lowest BCUT2D eigenvalue weighted by molar-refractivity contribution is -0.125. The number of nitrogens with one attached hydrogen (secondary N) is 2. The van der Waals surface area contributed by atoms with E-state index in [9.17, 15) is 9.59 Å². The van der Waals surface area contributed by atoms with Gasteiger partial charge in [0.25, 0.3) is 0 Å². The summed E-state index contributed by atoms with van der Waals surface area (Å²) in [6.45, 7) is 2.19. The molecule has 29 heavy (non-hydrogen) atoms. The van der Waals surface area contributed by atoms with Gasteiger partial charge in [0.1, 0.15) is 5.03 Å². The third kappa shape index (κ3) is 5.93. The average Bonchev–Trinajstić information content (AvgIpc) is 3.41. The van der Waals surface area contributed by atoms with Crippen molar-refractivity contribution in [2.75, 3.05) is 23.7 Å². The van der Waals surface area contributed by atoms with Crippen molar-refractivity contribution in [3.05, 3.63) is 34.5 Å². The summed E-state index contributed by atoms with van der Waals surface area (Å²) in [5.41, 5.74) is 0. The normalized spacial score (nSPS) is 17.2. The summed E-state index contributed by atoms with van der Waals surface area (Å²) >= 11 is 3.01. The van der Waals surface area contributed by atoms with Gasteiger partial charge in [-0.05, 0) is 49.3 Å². The van der Waals surface area contributed by atoms with Crippen LogP contribution in [0.2, 0.25) is 0 Å². The molecule has 1 aliphatic heterocycles. The van der Waals surface area contributed by atoms with Gasteiger partial charge in [-0.2, -0.15) is 0 Å². The van der Waals surface area contributed by atoms with Crippen molar-refractivity contribution in [1.29, 1.82) is 0 Å². The third-order valence-corrected chi connectivity index (χ3v) is 6.93. The summed E-state index contributed by atoms with van der Waals surface area (Å²) in [5, 5.41) is 17.3. The first-order chi connectivity index (χ1) is 14.2. The van der Waals surface area contributed by atoms with E-state index in [1.54, 1.807) is 11.3 Å². The zero-order valence-corrected chi connectivity index (χ0v) is 17.8. The molecular formula is C20H25N5O2S2. The van der Waals surface area contributed by atoms with Gasteiger partial charge < -0.3 is 15.5 Å². The zero-order chi connectivity index (χ0) is 20.1. The highest BCUT2D eigenvalue weighted by molar-refractivity contribution is 7.99. The molecule has 154 valence electrons. The highest BCUT2D eigenvalue weighted by atomic mass is 32.2. The minimum absolute atomic E-state index is 0.0131. The Balaban J connectivity index is 1.19. The summed E-state index contributed by atoms with van der Waals surface area (Å²) in [6.07, 6.45) is 3.95. The number of carbonyl (C=O) groups is 2. The number of amides is 2. The van der Waals surface area contributed by atoms with Crippen molar-refractivity contribution in [2.24, 2.45) is 5.92 Å². The number of hydrogen-bond donors (Lipinski definition) is 2. The van der Waals surface area contributed by atoms with Crippen LogP contribution in [0.25, 0.3) is 0 Å². The van der Waals surface area contributed by atoms with Crippen LogP contribution in [0.5, 0.6) is 0 Å². The Labute approximate surface area is 178 Å². The fraction of sp³-hybridized carbons (Fsp3) is 0.500. The molecule has 0 aromatic carbocycles. The molecule has 4 rings (SSSR count). The molecule has 3 heterocycles. The smallest absolute Gasteiger partial charge is 0.230 e. The van der Waals surface area contributed by atoms with Gasteiger partial charge in [-0.3, -0.25) is 9.59 Å². The van der Waals surface area contributed by atoms with Crippen molar-refractivity contribution in [1.82, 2.24) is 20.8 Å². The van der Waals surface area contributed by atoms with Crippen LogP contribution in [-0.4, -0.2) is 46.9 Å². The number of rotatable bonds is 8. The highest BCUT2D eigenvalue weighted by Crippen LogP contribution is 2.25. The molecule has 1 saturated carbocycles. The van der Waals surface area contributed by atoms with Crippen molar-refractivity contribution < 1.29 is 9.59 Å². The number of aromatic nitrogens is 2. The SMILES string of the molecule is O=C(CSc1ccc(N2CCC(C(=O)NC3CC3)CC2)nn1)NCc1cccs1. The Morgan fingerprint density at radius 2 is 1.97 bits per heavy atom. The summed E-state index contributed by atoms with van der Waals surface area (Å²) in [4.78, 5) is 27.5. The molecule has 0 unspecified atom stereocenters. The standard InChI is InChI=1S/C20H25N5O2S2/c26-18(21-12-16-2-1-11-28-16)13-29-19-6-5-17(23-24-19)25-9-7-14(8-10-25)20(27)22-15-3-4-15/h1-2,5-6,11,14-15H,3-4,7-10,12-13H2,(H,21,26)(H,22,27). The number of carbonyl (C=O) groups excluding carboxylic acids is 2. The van der Waals surface area contributed by atoms with Gasteiger partial charge in [0.2, 0.25) is 11.8 Å². The van der Waals surface area contributed by atoms with Crippen LogP contribution in [0.3, 0.4) is 0 Å². The van der Waals surface area contributed by atoms with E-state index in [0.29, 0.717) is 18.3 Å². The van der Waals surface area contributed by atoms with Crippen LogP contribution in [0.4, 0.5) is 5.82 Å². The summed E-state index contributed by atoms with van der Waals surface area (Å²) in [5.74, 6) is 1.46. The van der Waals surface area contributed by atoms with Crippen LogP contribution in [0, 0.1) is 5.92 Å². The summed E-state index contributed by atoms with van der Waals surface area (Å²) in [7, 11) is 0. The number of hydrogen-bond acceptors (Lipinski definition) is 7. The lowest BCUT2D eigenvalue weighted by Crippen LogP contribution is -2.41. The second-order valence-corrected chi connectivity index (χ2v) is 9.45.